The highest BCUT2D eigenvalue weighted by molar-refractivity contribution is 7.88. The summed E-state index contributed by atoms with van der Waals surface area (Å²) in [6.45, 7) is 0.352. The Labute approximate surface area is 133 Å². The molecule has 0 spiro atoms. The van der Waals surface area contributed by atoms with Crippen LogP contribution in [0.4, 0.5) is 0 Å². The van der Waals surface area contributed by atoms with Crippen molar-refractivity contribution in [1.82, 2.24) is 9.62 Å². The standard InChI is InChI=1S/C15H22N2O4S/c1-22(20)16-13-8-5-9-17(14(13)10-18)15(19)11-21-12-6-3-2-4-7-12/h2-4,6-7,13-14,16,18H,5,8-11H2,1H3. The summed E-state index contributed by atoms with van der Waals surface area (Å²) in [7, 11) is 0. The number of para-hydroxylation sites is 1. The van der Waals surface area contributed by atoms with Gasteiger partial charge < -0.3 is 19.3 Å². The monoisotopic (exact) mass is 326 g/mol. The number of benzene rings is 1. The molecule has 3 unspecified atom stereocenters. The minimum Gasteiger partial charge on any atom is -0.598 e. The second-order valence-corrected chi connectivity index (χ2v) is 6.40. The van der Waals surface area contributed by atoms with E-state index in [1.807, 2.05) is 18.2 Å². The van der Waals surface area contributed by atoms with Crippen LogP contribution in [0, 0.1) is 0 Å². The molecule has 1 aromatic carbocycles. The van der Waals surface area contributed by atoms with E-state index >= 15 is 0 Å². The van der Waals surface area contributed by atoms with Gasteiger partial charge in [-0.3, -0.25) is 4.79 Å². The first kappa shape index (κ1) is 17.1. The van der Waals surface area contributed by atoms with Gasteiger partial charge in [0.1, 0.15) is 12.0 Å². The van der Waals surface area contributed by atoms with E-state index < -0.39 is 11.4 Å². The van der Waals surface area contributed by atoms with Crippen molar-refractivity contribution >= 4 is 17.3 Å². The van der Waals surface area contributed by atoms with Gasteiger partial charge >= 0.3 is 0 Å². The number of amides is 1. The number of aliphatic hydroxyl groups is 1. The number of hydrogen-bond donors (Lipinski definition) is 2. The maximum atomic E-state index is 12.4. The van der Waals surface area contributed by atoms with Gasteiger partial charge in [0, 0.05) is 17.9 Å². The lowest BCUT2D eigenvalue weighted by Crippen LogP contribution is -2.59. The van der Waals surface area contributed by atoms with Crippen LogP contribution in [0.2, 0.25) is 0 Å². The van der Waals surface area contributed by atoms with E-state index in [0.29, 0.717) is 12.3 Å². The highest BCUT2D eigenvalue weighted by Crippen LogP contribution is 2.19. The molecule has 1 aliphatic rings. The van der Waals surface area contributed by atoms with Crippen LogP contribution in [-0.2, 0) is 16.2 Å². The van der Waals surface area contributed by atoms with Gasteiger partial charge in [-0.2, -0.15) is 0 Å². The summed E-state index contributed by atoms with van der Waals surface area (Å²) >= 11 is -1.18. The summed E-state index contributed by atoms with van der Waals surface area (Å²) in [4.78, 5) is 14.0. The Bertz CT molecular complexity index is 472. The molecule has 0 bridgehead atoms. The summed E-state index contributed by atoms with van der Waals surface area (Å²) in [5, 5.41) is 9.61. The summed E-state index contributed by atoms with van der Waals surface area (Å²) in [6, 6.07) is 8.61. The third kappa shape index (κ3) is 4.61. The molecular weight excluding hydrogens is 304 g/mol. The molecule has 1 saturated heterocycles. The van der Waals surface area contributed by atoms with Gasteiger partial charge in [0.25, 0.3) is 5.91 Å². The van der Waals surface area contributed by atoms with Crippen LogP contribution in [0.15, 0.2) is 30.3 Å². The Morgan fingerprint density at radius 3 is 2.86 bits per heavy atom. The number of carbonyl (C=O) groups excluding carboxylic acids is 1. The number of carbonyl (C=O) groups is 1. The van der Waals surface area contributed by atoms with Crippen molar-refractivity contribution in [3.63, 3.8) is 0 Å². The van der Waals surface area contributed by atoms with Gasteiger partial charge in [0.15, 0.2) is 6.61 Å². The molecule has 1 aliphatic heterocycles. The van der Waals surface area contributed by atoms with Gasteiger partial charge in [0.05, 0.1) is 18.7 Å². The SMILES string of the molecule is C[S+]([O-])NC1CCCN(C(=O)COc2ccccc2)C1CO. The molecule has 7 heteroatoms. The van der Waals surface area contributed by atoms with Gasteiger partial charge in [0.2, 0.25) is 0 Å². The maximum absolute atomic E-state index is 12.4. The molecule has 2 N–H and O–H groups in total. The fourth-order valence-electron chi connectivity index (χ4n) is 2.69. The van der Waals surface area contributed by atoms with Crippen LogP contribution >= 0.6 is 0 Å². The Balaban J connectivity index is 1.94. The van der Waals surface area contributed by atoms with E-state index in [4.69, 9.17) is 4.74 Å². The molecule has 1 fully saturated rings. The minimum absolute atomic E-state index is 0.0670. The Kier molecular flexibility index (Phi) is 6.50. The average molecular weight is 326 g/mol. The van der Waals surface area contributed by atoms with E-state index in [2.05, 4.69) is 4.72 Å². The van der Waals surface area contributed by atoms with Crippen molar-refractivity contribution in [1.29, 1.82) is 0 Å². The summed E-state index contributed by atoms with van der Waals surface area (Å²) in [5.41, 5.74) is 0. The zero-order valence-corrected chi connectivity index (χ0v) is 13.4. The van der Waals surface area contributed by atoms with Crippen LogP contribution in [0.3, 0.4) is 0 Å². The lowest BCUT2D eigenvalue weighted by Gasteiger charge is -2.39. The number of rotatable bonds is 6. The van der Waals surface area contributed by atoms with E-state index in [-0.39, 0.29) is 31.2 Å². The molecule has 22 heavy (non-hydrogen) atoms. The van der Waals surface area contributed by atoms with Crippen molar-refractivity contribution < 1.29 is 19.2 Å². The first-order chi connectivity index (χ1) is 10.6. The van der Waals surface area contributed by atoms with Crippen LogP contribution < -0.4 is 9.46 Å². The van der Waals surface area contributed by atoms with Crippen molar-refractivity contribution in [2.24, 2.45) is 0 Å². The van der Waals surface area contributed by atoms with Crippen LogP contribution in [0.5, 0.6) is 5.75 Å². The van der Waals surface area contributed by atoms with Gasteiger partial charge in [-0.25, -0.2) is 0 Å². The topological polar surface area (TPSA) is 84.9 Å². The molecule has 6 nitrogen and oxygen atoms in total. The summed E-state index contributed by atoms with van der Waals surface area (Å²) in [6.07, 6.45) is 3.14. The van der Waals surface area contributed by atoms with Crippen molar-refractivity contribution in [3.8, 4) is 5.75 Å². The van der Waals surface area contributed by atoms with E-state index in [1.54, 1.807) is 23.3 Å². The highest BCUT2D eigenvalue weighted by Gasteiger charge is 2.35. The molecule has 0 saturated carbocycles. The van der Waals surface area contributed by atoms with Crippen LogP contribution in [-0.4, -0.2) is 58.6 Å². The molecule has 2 rings (SSSR count). The quantitative estimate of drug-likeness (QED) is 0.735. The molecule has 1 heterocycles. The maximum Gasteiger partial charge on any atom is 0.260 e. The predicted molar refractivity (Wildman–Crippen MR) is 84.7 cm³/mol. The number of nitrogens with zero attached hydrogens (tertiary/aromatic N) is 1. The Hall–Kier alpha value is -1.28. The van der Waals surface area contributed by atoms with Gasteiger partial charge in [-0.1, -0.05) is 18.2 Å². The molecule has 3 atom stereocenters. The number of piperidine rings is 1. The van der Waals surface area contributed by atoms with Crippen LogP contribution in [0.1, 0.15) is 12.8 Å². The summed E-state index contributed by atoms with van der Waals surface area (Å²) in [5.74, 6) is 0.467. The zero-order valence-electron chi connectivity index (χ0n) is 12.6. The lowest BCUT2D eigenvalue weighted by molar-refractivity contribution is -0.138. The number of likely N-dealkylation sites (tertiary alicyclic amines) is 1. The van der Waals surface area contributed by atoms with E-state index in [0.717, 1.165) is 12.8 Å². The molecule has 122 valence electrons. The Morgan fingerprint density at radius 2 is 2.23 bits per heavy atom. The first-order valence-electron chi connectivity index (χ1n) is 7.29. The third-order valence-corrected chi connectivity index (χ3v) is 4.34. The van der Waals surface area contributed by atoms with Crippen molar-refractivity contribution in [2.45, 2.75) is 24.9 Å². The second kappa shape index (κ2) is 8.38. The predicted octanol–water partition coefficient (Wildman–Crippen LogP) is 0.300. The number of hydrogen-bond acceptors (Lipinski definition) is 5. The smallest absolute Gasteiger partial charge is 0.260 e. The van der Waals surface area contributed by atoms with E-state index in [9.17, 15) is 14.5 Å². The molecule has 0 aromatic heterocycles. The molecular formula is C15H22N2O4S. The lowest BCUT2D eigenvalue weighted by atomic mass is 9.97. The fraction of sp³-hybridized carbons (Fsp3) is 0.533. The average Bonchev–Trinajstić information content (AvgIpc) is 2.52. The fourth-order valence-corrected chi connectivity index (χ4v) is 3.39. The van der Waals surface area contributed by atoms with Crippen molar-refractivity contribution in [3.05, 3.63) is 30.3 Å². The molecule has 0 radical (unpaired) electrons. The Morgan fingerprint density at radius 1 is 1.50 bits per heavy atom. The zero-order chi connectivity index (χ0) is 15.9. The number of ether oxygens (including phenoxy) is 1. The second-order valence-electron chi connectivity index (χ2n) is 5.26. The van der Waals surface area contributed by atoms with Crippen molar-refractivity contribution in [2.75, 3.05) is 26.0 Å². The molecule has 0 aliphatic carbocycles. The minimum atomic E-state index is -1.18. The van der Waals surface area contributed by atoms with E-state index in [1.165, 1.54) is 0 Å². The largest absolute Gasteiger partial charge is 0.598 e. The molecule has 1 amide bonds. The first-order valence-corrected chi connectivity index (χ1v) is 8.85. The van der Waals surface area contributed by atoms with Gasteiger partial charge in [-0.15, -0.1) is 4.72 Å². The highest BCUT2D eigenvalue weighted by atomic mass is 32.2. The number of aliphatic hydroxyl groups excluding tert-OH is 1. The van der Waals surface area contributed by atoms with Crippen LogP contribution in [0.25, 0.3) is 0 Å². The van der Waals surface area contributed by atoms with Gasteiger partial charge in [-0.05, 0) is 25.0 Å². The normalized spacial score (nSPS) is 23.1. The summed E-state index contributed by atoms with van der Waals surface area (Å²) < 4.78 is 19.7. The number of nitrogens with one attached hydrogen (secondary N) is 1. The third-order valence-electron chi connectivity index (χ3n) is 3.71. The molecule has 1 aromatic rings.